The number of hydrogen-bond donors (Lipinski definition) is 0. The molecule has 0 fully saturated rings. The van der Waals surface area contributed by atoms with Crippen molar-refractivity contribution in [2.75, 3.05) is 4.90 Å². The molecule has 0 radical (unpaired) electrons. The second kappa shape index (κ2) is 16.7. The van der Waals surface area contributed by atoms with Crippen LogP contribution in [0.1, 0.15) is 0 Å². The van der Waals surface area contributed by atoms with Gasteiger partial charge >= 0.3 is 0 Å². The summed E-state index contributed by atoms with van der Waals surface area (Å²) >= 11 is 1.88. The minimum atomic E-state index is 1.09. The minimum Gasteiger partial charge on any atom is -0.310 e. The largest absolute Gasteiger partial charge is 0.310 e. The van der Waals surface area contributed by atoms with Crippen LogP contribution >= 0.6 is 11.3 Å². The lowest BCUT2D eigenvalue weighted by Gasteiger charge is -2.28. The van der Waals surface area contributed by atoms with Gasteiger partial charge in [-0.1, -0.05) is 218 Å². The second-order valence-corrected chi connectivity index (χ2v) is 18.6. The molecule has 0 spiro atoms. The van der Waals surface area contributed by atoms with E-state index in [0.29, 0.717) is 0 Å². The summed E-state index contributed by atoms with van der Waals surface area (Å²) in [6, 6.07) is 95.6. The summed E-state index contributed by atoms with van der Waals surface area (Å²) in [7, 11) is 0. The molecule has 1 nitrogen and oxygen atoms in total. The molecule has 1 heterocycles. The van der Waals surface area contributed by atoms with E-state index in [1.54, 1.807) is 0 Å². The first kappa shape index (κ1) is 39.8. The highest BCUT2D eigenvalue weighted by Crippen LogP contribution is 2.47. The zero-order chi connectivity index (χ0) is 45.0. The van der Waals surface area contributed by atoms with Gasteiger partial charge in [0.05, 0.1) is 5.69 Å². The van der Waals surface area contributed by atoms with Gasteiger partial charge in [0.25, 0.3) is 0 Å². The Hall–Kier alpha value is -8.56. The molecule has 1 aromatic heterocycles. The molecule has 0 saturated carbocycles. The van der Waals surface area contributed by atoms with E-state index >= 15 is 0 Å². The van der Waals surface area contributed by atoms with Crippen LogP contribution in [0.3, 0.4) is 0 Å². The van der Waals surface area contributed by atoms with Crippen LogP contribution in [0.4, 0.5) is 17.1 Å². The van der Waals surface area contributed by atoms with Crippen molar-refractivity contribution in [1.82, 2.24) is 0 Å². The first-order valence-electron chi connectivity index (χ1n) is 23.3. The van der Waals surface area contributed by atoms with Gasteiger partial charge < -0.3 is 4.90 Å². The summed E-state index contributed by atoms with van der Waals surface area (Å²) in [5.74, 6) is 0. The number of rotatable bonds is 8. The molecule has 318 valence electrons. The molecule has 0 atom stereocenters. The van der Waals surface area contributed by atoms with E-state index in [0.717, 1.165) is 17.1 Å². The highest BCUT2D eigenvalue weighted by molar-refractivity contribution is 7.26. The van der Waals surface area contributed by atoms with Gasteiger partial charge in [-0.2, -0.15) is 0 Å². The predicted molar refractivity (Wildman–Crippen MR) is 294 cm³/mol. The number of hydrogen-bond acceptors (Lipinski definition) is 2. The molecular formula is C66H43NS. The smallest absolute Gasteiger partial charge is 0.0540 e. The maximum atomic E-state index is 2.43. The SMILES string of the molecule is c1ccc(-c2ccc(N(c3ccc(-c4ccc5c(c4)c(-c4ccccc4)c(-c4ccccc4)c4ccccc45)cc3)c3ccc(-c4cccc5c4sc4ccccc45)cc3)c3ccccc23)cc1. The molecule has 13 aromatic rings. The van der Waals surface area contributed by atoms with Crippen LogP contribution in [0.5, 0.6) is 0 Å². The van der Waals surface area contributed by atoms with Crippen LogP contribution < -0.4 is 4.90 Å². The highest BCUT2D eigenvalue weighted by Gasteiger charge is 2.21. The fraction of sp³-hybridized carbons (Fsp3) is 0. The van der Waals surface area contributed by atoms with E-state index < -0.39 is 0 Å². The zero-order valence-electron chi connectivity index (χ0n) is 37.2. The maximum Gasteiger partial charge on any atom is 0.0540 e. The number of nitrogens with zero attached hydrogens (tertiary/aromatic N) is 1. The topological polar surface area (TPSA) is 3.24 Å². The third-order valence-electron chi connectivity index (χ3n) is 13.7. The van der Waals surface area contributed by atoms with Crippen LogP contribution in [0.15, 0.2) is 261 Å². The Morgan fingerprint density at radius 3 is 1.41 bits per heavy atom. The number of benzene rings is 12. The van der Waals surface area contributed by atoms with Crippen molar-refractivity contribution >= 4 is 80.9 Å². The molecule has 12 aromatic carbocycles. The van der Waals surface area contributed by atoms with Crippen LogP contribution in [0, 0.1) is 0 Å². The van der Waals surface area contributed by atoms with Crippen molar-refractivity contribution in [3.63, 3.8) is 0 Å². The molecule has 0 N–H and O–H groups in total. The minimum absolute atomic E-state index is 1.09. The van der Waals surface area contributed by atoms with Gasteiger partial charge in [-0.15, -0.1) is 11.3 Å². The standard InChI is InChI=1S/C66H43NS/c1-4-17-45(18-5-1)52-41-42-62(57-25-12-10-23-54(52)57)67(51-38-33-46(34-39-51)53-28-16-29-60-58-26-14-15-30-63(58)68-66(53)60)50-36-31-44(32-37-50)49-35-40-56-55-24-11-13-27-59(55)64(47-19-6-2-7-20-47)65(61(56)43-49)48-21-8-3-9-22-48/h1-43H. The van der Waals surface area contributed by atoms with Gasteiger partial charge in [0.2, 0.25) is 0 Å². The molecule has 13 rings (SSSR count). The Labute approximate surface area is 400 Å². The van der Waals surface area contributed by atoms with Crippen molar-refractivity contribution in [3.8, 4) is 55.6 Å². The normalized spacial score (nSPS) is 11.5. The van der Waals surface area contributed by atoms with E-state index in [-0.39, 0.29) is 0 Å². The third kappa shape index (κ3) is 6.77. The van der Waals surface area contributed by atoms with Crippen LogP contribution in [0.2, 0.25) is 0 Å². The molecule has 0 aliphatic rings. The van der Waals surface area contributed by atoms with Crippen LogP contribution in [-0.4, -0.2) is 0 Å². The molecule has 0 saturated heterocycles. The number of anilines is 3. The van der Waals surface area contributed by atoms with Crippen molar-refractivity contribution < 1.29 is 0 Å². The van der Waals surface area contributed by atoms with Gasteiger partial charge in [-0.25, -0.2) is 0 Å². The van der Waals surface area contributed by atoms with E-state index in [1.807, 2.05) is 11.3 Å². The molecule has 0 unspecified atom stereocenters. The molecular weight excluding hydrogens is 839 g/mol. The second-order valence-electron chi connectivity index (χ2n) is 17.5. The molecule has 0 bridgehead atoms. The van der Waals surface area contributed by atoms with Gasteiger partial charge in [0.1, 0.15) is 0 Å². The summed E-state index contributed by atoms with van der Waals surface area (Å²) in [5.41, 5.74) is 15.5. The molecule has 68 heavy (non-hydrogen) atoms. The quantitative estimate of drug-likeness (QED) is 0.137. The van der Waals surface area contributed by atoms with E-state index in [1.165, 1.54) is 108 Å². The lowest BCUT2D eigenvalue weighted by atomic mass is 9.84. The zero-order valence-corrected chi connectivity index (χ0v) is 38.0. The fourth-order valence-electron chi connectivity index (χ4n) is 10.5. The number of thiophene rings is 1. The first-order chi connectivity index (χ1) is 33.7. The Balaban J connectivity index is 0.963. The average Bonchev–Trinajstić information content (AvgIpc) is 3.81. The molecule has 0 amide bonds. The van der Waals surface area contributed by atoms with Gasteiger partial charge in [-0.3, -0.25) is 0 Å². The highest BCUT2D eigenvalue weighted by atomic mass is 32.1. The molecule has 0 aliphatic heterocycles. The van der Waals surface area contributed by atoms with Crippen molar-refractivity contribution in [1.29, 1.82) is 0 Å². The summed E-state index contributed by atoms with van der Waals surface area (Å²) in [6.45, 7) is 0. The molecule has 2 heteroatoms. The summed E-state index contributed by atoms with van der Waals surface area (Å²) < 4.78 is 2.64. The van der Waals surface area contributed by atoms with Gasteiger partial charge in [0, 0.05) is 36.9 Å². The van der Waals surface area contributed by atoms with Crippen molar-refractivity contribution in [2.24, 2.45) is 0 Å². The van der Waals surface area contributed by atoms with E-state index in [4.69, 9.17) is 0 Å². The Bertz CT molecular complexity index is 3990. The van der Waals surface area contributed by atoms with Gasteiger partial charge in [-0.05, 0) is 125 Å². The fourth-order valence-corrected chi connectivity index (χ4v) is 11.8. The molecule has 0 aliphatic carbocycles. The monoisotopic (exact) mass is 881 g/mol. The van der Waals surface area contributed by atoms with Crippen LogP contribution in [0.25, 0.3) is 108 Å². The van der Waals surface area contributed by atoms with Crippen molar-refractivity contribution in [3.05, 3.63) is 261 Å². The first-order valence-corrected chi connectivity index (χ1v) is 24.1. The Morgan fingerprint density at radius 2 is 0.735 bits per heavy atom. The summed E-state index contributed by atoms with van der Waals surface area (Å²) in [6.07, 6.45) is 0. The van der Waals surface area contributed by atoms with Crippen LogP contribution in [-0.2, 0) is 0 Å². The lowest BCUT2D eigenvalue weighted by molar-refractivity contribution is 1.30. The predicted octanol–water partition coefficient (Wildman–Crippen LogP) is 19.3. The van der Waals surface area contributed by atoms with E-state index in [2.05, 4.69) is 266 Å². The van der Waals surface area contributed by atoms with E-state index in [9.17, 15) is 0 Å². The third-order valence-corrected chi connectivity index (χ3v) is 14.9. The average molecular weight is 882 g/mol. The number of fused-ring (bicyclic) bond motifs is 7. The Morgan fingerprint density at radius 1 is 0.250 bits per heavy atom. The lowest BCUT2D eigenvalue weighted by Crippen LogP contribution is -2.10. The summed E-state index contributed by atoms with van der Waals surface area (Å²) in [5, 5.41) is 10.1. The Kier molecular flexibility index (Phi) is 9.77. The summed E-state index contributed by atoms with van der Waals surface area (Å²) in [4.78, 5) is 2.43. The van der Waals surface area contributed by atoms with Gasteiger partial charge in [0.15, 0.2) is 0 Å². The maximum absolute atomic E-state index is 2.43. The van der Waals surface area contributed by atoms with Crippen molar-refractivity contribution in [2.45, 2.75) is 0 Å².